The summed E-state index contributed by atoms with van der Waals surface area (Å²) in [5, 5.41) is 2.91. The second-order valence-electron chi connectivity index (χ2n) is 5.01. The number of hydrogen-bond acceptors (Lipinski definition) is 4. The minimum atomic E-state index is -4.37. The number of aromatic nitrogens is 2. The summed E-state index contributed by atoms with van der Waals surface area (Å²) in [6, 6.07) is 1.05. The molecule has 2 heterocycles. The number of alkyl halides is 3. The summed E-state index contributed by atoms with van der Waals surface area (Å²) < 4.78 is 37.1. The van der Waals surface area contributed by atoms with E-state index in [0.29, 0.717) is 18.1 Å². The van der Waals surface area contributed by atoms with Crippen LogP contribution in [-0.2, 0) is 11.2 Å². The van der Waals surface area contributed by atoms with Crippen LogP contribution in [0.4, 0.5) is 19.0 Å². The van der Waals surface area contributed by atoms with Crippen molar-refractivity contribution in [3.8, 4) is 0 Å². The topological polar surface area (TPSA) is 58.1 Å². The first-order valence-corrected chi connectivity index (χ1v) is 6.75. The van der Waals surface area contributed by atoms with Crippen molar-refractivity contribution in [1.29, 1.82) is 0 Å². The molecule has 1 atom stereocenters. The van der Waals surface area contributed by atoms with Gasteiger partial charge in [0, 0.05) is 18.3 Å². The zero-order valence-electron chi connectivity index (χ0n) is 11.9. The Kier molecular flexibility index (Phi) is 4.34. The van der Waals surface area contributed by atoms with Gasteiger partial charge in [-0.25, -0.2) is 9.97 Å². The molecule has 8 heteroatoms. The zero-order chi connectivity index (χ0) is 15.6. The van der Waals surface area contributed by atoms with E-state index in [-0.39, 0.29) is 6.54 Å². The van der Waals surface area contributed by atoms with Gasteiger partial charge in [-0.15, -0.1) is 0 Å². The summed E-state index contributed by atoms with van der Waals surface area (Å²) in [5.41, 5.74) is 0.822. The minimum Gasteiger partial charge on any atom is -0.358 e. The van der Waals surface area contributed by atoms with Gasteiger partial charge in [-0.2, -0.15) is 13.2 Å². The molecule has 1 fully saturated rings. The van der Waals surface area contributed by atoms with Crippen LogP contribution in [0.3, 0.4) is 0 Å². The summed E-state index contributed by atoms with van der Waals surface area (Å²) in [6.07, 6.45) is -3.32. The summed E-state index contributed by atoms with van der Waals surface area (Å²) in [7, 11) is 0. The van der Waals surface area contributed by atoms with Crippen LogP contribution < -0.4 is 5.32 Å². The molecule has 0 radical (unpaired) electrons. The van der Waals surface area contributed by atoms with Crippen LogP contribution in [0.2, 0.25) is 0 Å². The Morgan fingerprint density at radius 2 is 2.14 bits per heavy atom. The standard InChI is InChI=1S/C13H17F3N4O/c1-3-9-6-11(18-8(2)17-9)19-10-4-5-20(12(10)21)7-13(14,15)16/h6,10H,3-5,7H2,1-2H3,(H,17,18,19). The predicted molar refractivity (Wildman–Crippen MR) is 70.8 cm³/mol. The van der Waals surface area contributed by atoms with Gasteiger partial charge < -0.3 is 10.2 Å². The van der Waals surface area contributed by atoms with Crippen molar-refractivity contribution in [2.24, 2.45) is 0 Å². The predicted octanol–water partition coefficient (Wildman–Crippen LogP) is 1.92. The van der Waals surface area contributed by atoms with Crippen molar-refractivity contribution >= 4 is 11.7 Å². The molecule has 2 rings (SSSR count). The molecule has 0 spiro atoms. The number of carbonyl (C=O) groups is 1. The van der Waals surface area contributed by atoms with E-state index in [1.54, 1.807) is 13.0 Å². The fraction of sp³-hybridized carbons (Fsp3) is 0.615. The number of anilines is 1. The second-order valence-corrected chi connectivity index (χ2v) is 5.01. The Morgan fingerprint density at radius 3 is 2.76 bits per heavy atom. The van der Waals surface area contributed by atoms with Gasteiger partial charge in [-0.05, 0) is 19.8 Å². The lowest BCUT2D eigenvalue weighted by atomic mass is 10.2. The Labute approximate surface area is 120 Å². The van der Waals surface area contributed by atoms with E-state index in [0.717, 1.165) is 17.0 Å². The molecule has 1 amide bonds. The van der Waals surface area contributed by atoms with E-state index in [2.05, 4.69) is 15.3 Å². The van der Waals surface area contributed by atoms with Gasteiger partial charge in [0.25, 0.3) is 0 Å². The van der Waals surface area contributed by atoms with Crippen LogP contribution in [0.5, 0.6) is 0 Å². The van der Waals surface area contributed by atoms with Crippen molar-refractivity contribution in [2.75, 3.05) is 18.4 Å². The highest BCUT2D eigenvalue weighted by atomic mass is 19.4. The van der Waals surface area contributed by atoms with Gasteiger partial charge in [0.05, 0.1) is 0 Å². The molecular formula is C13H17F3N4O. The molecule has 1 saturated heterocycles. The first-order chi connectivity index (χ1) is 9.78. The summed E-state index contributed by atoms with van der Waals surface area (Å²) in [6.45, 7) is 2.57. The molecule has 0 aromatic carbocycles. The third-order valence-electron chi connectivity index (χ3n) is 3.24. The third-order valence-corrected chi connectivity index (χ3v) is 3.24. The number of nitrogens with one attached hydrogen (secondary N) is 1. The zero-order valence-corrected chi connectivity index (χ0v) is 11.9. The lowest BCUT2D eigenvalue weighted by molar-refractivity contribution is -0.157. The highest BCUT2D eigenvalue weighted by Crippen LogP contribution is 2.22. The molecule has 1 unspecified atom stereocenters. The molecule has 1 aromatic heterocycles. The maximum Gasteiger partial charge on any atom is 0.406 e. The minimum absolute atomic E-state index is 0.0979. The van der Waals surface area contributed by atoms with Gasteiger partial charge in [-0.1, -0.05) is 6.92 Å². The van der Waals surface area contributed by atoms with Crippen LogP contribution in [0.1, 0.15) is 24.9 Å². The van der Waals surface area contributed by atoms with Crippen LogP contribution >= 0.6 is 0 Å². The van der Waals surface area contributed by atoms with Gasteiger partial charge in [0.15, 0.2) is 0 Å². The highest BCUT2D eigenvalue weighted by Gasteiger charge is 2.39. The van der Waals surface area contributed by atoms with Gasteiger partial charge in [0.1, 0.15) is 24.2 Å². The number of likely N-dealkylation sites (tertiary alicyclic amines) is 1. The SMILES string of the molecule is CCc1cc(NC2CCN(CC(F)(F)F)C2=O)nc(C)n1. The number of halogens is 3. The molecule has 116 valence electrons. The average molecular weight is 302 g/mol. The molecule has 1 aromatic rings. The van der Waals surface area contributed by atoms with E-state index in [4.69, 9.17) is 0 Å². The molecular weight excluding hydrogens is 285 g/mol. The van der Waals surface area contributed by atoms with E-state index >= 15 is 0 Å². The van der Waals surface area contributed by atoms with E-state index in [1.165, 1.54) is 0 Å². The van der Waals surface area contributed by atoms with Crippen molar-refractivity contribution in [2.45, 2.75) is 38.9 Å². The Bertz CT molecular complexity index is 533. The van der Waals surface area contributed by atoms with E-state index in [1.807, 2.05) is 6.92 Å². The monoisotopic (exact) mass is 302 g/mol. The maximum atomic E-state index is 12.4. The van der Waals surface area contributed by atoms with Crippen LogP contribution in [-0.4, -0.2) is 46.1 Å². The first-order valence-electron chi connectivity index (χ1n) is 6.75. The van der Waals surface area contributed by atoms with Crippen molar-refractivity contribution in [1.82, 2.24) is 14.9 Å². The largest absolute Gasteiger partial charge is 0.406 e. The molecule has 0 saturated carbocycles. The number of carbonyl (C=O) groups excluding carboxylic acids is 1. The van der Waals surface area contributed by atoms with Crippen molar-refractivity contribution in [3.63, 3.8) is 0 Å². The molecule has 1 aliphatic heterocycles. The Morgan fingerprint density at radius 1 is 1.43 bits per heavy atom. The Hall–Kier alpha value is -1.86. The smallest absolute Gasteiger partial charge is 0.358 e. The number of hydrogen-bond donors (Lipinski definition) is 1. The molecule has 1 N–H and O–H groups in total. The average Bonchev–Trinajstić information content (AvgIpc) is 2.69. The lowest BCUT2D eigenvalue weighted by Gasteiger charge is -2.19. The third kappa shape index (κ3) is 4.05. The molecule has 0 aliphatic carbocycles. The highest BCUT2D eigenvalue weighted by molar-refractivity contribution is 5.86. The number of amides is 1. The Balaban J connectivity index is 2.04. The first kappa shape index (κ1) is 15.5. The van der Waals surface area contributed by atoms with Crippen LogP contribution in [0.15, 0.2) is 6.07 Å². The van der Waals surface area contributed by atoms with Gasteiger partial charge in [0.2, 0.25) is 5.91 Å². The van der Waals surface area contributed by atoms with E-state index in [9.17, 15) is 18.0 Å². The molecule has 0 bridgehead atoms. The second kappa shape index (κ2) is 5.87. The molecule has 21 heavy (non-hydrogen) atoms. The lowest BCUT2D eigenvalue weighted by Crippen LogP contribution is -2.39. The molecule has 5 nitrogen and oxygen atoms in total. The quantitative estimate of drug-likeness (QED) is 0.923. The summed E-state index contributed by atoms with van der Waals surface area (Å²) >= 11 is 0. The summed E-state index contributed by atoms with van der Waals surface area (Å²) in [5.74, 6) is 0.502. The number of rotatable bonds is 4. The maximum absolute atomic E-state index is 12.4. The van der Waals surface area contributed by atoms with Crippen LogP contribution in [0.25, 0.3) is 0 Å². The summed E-state index contributed by atoms with van der Waals surface area (Å²) in [4.78, 5) is 21.2. The van der Waals surface area contributed by atoms with Crippen molar-refractivity contribution in [3.05, 3.63) is 17.6 Å². The van der Waals surface area contributed by atoms with Gasteiger partial charge in [-0.3, -0.25) is 4.79 Å². The van der Waals surface area contributed by atoms with Crippen molar-refractivity contribution < 1.29 is 18.0 Å². The van der Waals surface area contributed by atoms with Crippen LogP contribution in [0, 0.1) is 6.92 Å². The fourth-order valence-corrected chi connectivity index (χ4v) is 2.31. The normalized spacial score (nSPS) is 19.2. The molecule has 1 aliphatic rings. The number of nitrogens with zero attached hydrogens (tertiary/aromatic N) is 3. The van der Waals surface area contributed by atoms with Gasteiger partial charge >= 0.3 is 6.18 Å². The van der Waals surface area contributed by atoms with E-state index < -0.39 is 24.7 Å². The fourth-order valence-electron chi connectivity index (χ4n) is 2.31. The number of aryl methyl sites for hydroxylation is 2.